The summed E-state index contributed by atoms with van der Waals surface area (Å²) in [4.78, 5) is 22.6. The van der Waals surface area contributed by atoms with Gasteiger partial charge < -0.3 is 18.9 Å². The monoisotopic (exact) mass is 322 g/mol. The minimum atomic E-state index is -3.46. The van der Waals surface area contributed by atoms with Gasteiger partial charge in [0, 0.05) is 6.42 Å². The summed E-state index contributed by atoms with van der Waals surface area (Å²) in [6, 6.07) is 0. The molecular formula is C13H23O7P. The molecule has 8 heteroatoms. The van der Waals surface area contributed by atoms with Crippen molar-refractivity contribution in [2.24, 2.45) is 5.92 Å². The summed E-state index contributed by atoms with van der Waals surface area (Å²) in [6.07, 6.45) is 1.09. The lowest BCUT2D eigenvalue weighted by atomic mass is 10.1. The fourth-order valence-electron chi connectivity index (χ4n) is 1.61. The summed E-state index contributed by atoms with van der Waals surface area (Å²) >= 11 is 0. The van der Waals surface area contributed by atoms with Crippen molar-refractivity contribution in [2.45, 2.75) is 26.7 Å². The predicted octanol–water partition coefficient (Wildman–Crippen LogP) is 2.46. The van der Waals surface area contributed by atoms with Crippen LogP contribution in [0, 0.1) is 5.92 Å². The number of carboxylic acids is 1. The summed E-state index contributed by atoms with van der Waals surface area (Å²) in [7, 11) is -3.46. The second-order valence-corrected chi connectivity index (χ2v) is 6.28. The van der Waals surface area contributed by atoms with Crippen molar-refractivity contribution < 1.29 is 33.0 Å². The number of hydrogen-bond acceptors (Lipinski definition) is 6. The zero-order valence-electron chi connectivity index (χ0n) is 12.4. The molecule has 0 fully saturated rings. The third kappa shape index (κ3) is 8.65. The van der Waals surface area contributed by atoms with Crippen LogP contribution in [0.25, 0.3) is 0 Å². The van der Waals surface area contributed by atoms with Crippen molar-refractivity contribution in [3.05, 3.63) is 12.7 Å². The summed E-state index contributed by atoms with van der Waals surface area (Å²) in [5.74, 6) is -2.67. The van der Waals surface area contributed by atoms with Gasteiger partial charge >= 0.3 is 19.5 Å². The van der Waals surface area contributed by atoms with E-state index in [9.17, 15) is 14.2 Å². The van der Waals surface area contributed by atoms with Crippen molar-refractivity contribution in [3.8, 4) is 0 Å². The smallest absolute Gasteiger partial charge is 0.331 e. The molecule has 0 aromatic rings. The van der Waals surface area contributed by atoms with Crippen LogP contribution in [0.1, 0.15) is 26.7 Å². The highest BCUT2D eigenvalue weighted by molar-refractivity contribution is 7.53. The minimum absolute atomic E-state index is 0.00937. The quantitative estimate of drug-likeness (QED) is 0.335. The molecule has 0 aromatic heterocycles. The first kappa shape index (κ1) is 19.8. The maximum Gasteiger partial charge on any atom is 0.331 e. The topological polar surface area (TPSA) is 99.1 Å². The second kappa shape index (κ2) is 10.5. The summed E-state index contributed by atoms with van der Waals surface area (Å²) < 4.78 is 27.2. The number of carbonyl (C=O) groups excluding carboxylic acids is 1. The van der Waals surface area contributed by atoms with Crippen molar-refractivity contribution >= 4 is 19.5 Å². The van der Waals surface area contributed by atoms with E-state index in [-0.39, 0.29) is 38.8 Å². The van der Waals surface area contributed by atoms with Gasteiger partial charge in [0.1, 0.15) is 6.61 Å². The van der Waals surface area contributed by atoms with Crippen LogP contribution >= 0.6 is 7.60 Å². The Morgan fingerprint density at radius 1 is 1.29 bits per heavy atom. The van der Waals surface area contributed by atoms with Crippen LogP contribution in [0.3, 0.4) is 0 Å². The normalized spacial score (nSPS) is 12.7. The van der Waals surface area contributed by atoms with Gasteiger partial charge in [-0.2, -0.15) is 0 Å². The van der Waals surface area contributed by atoms with Crippen molar-refractivity contribution in [3.63, 3.8) is 0 Å². The molecule has 0 spiro atoms. The van der Waals surface area contributed by atoms with Crippen LogP contribution in [0.5, 0.6) is 0 Å². The highest BCUT2D eigenvalue weighted by Gasteiger charge is 2.32. The van der Waals surface area contributed by atoms with Gasteiger partial charge in [0.05, 0.1) is 25.3 Å². The molecule has 7 nitrogen and oxygen atoms in total. The number of carboxylic acid groups (broad SMARTS) is 1. The average molecular weight is 322 g/mol. The first-order chi connectivity index (χ1) is 9.88. The maximum absolute atomic E-state index is 12.3. The van der Waals surface area contributed by atoms with E-state index >= 15 is 0 Å². The molecule has 0 heterocycles. The van der Waals surface area contributed by atoms with E-state index < -0.39 is 25.5 Å². The van der Waals surface area contributed by atoms with E-state index in [0.717, 1.165) is 0 Å². The maximum atomic E-state index is 12.3. The first-order valence-electron chi connectivity index (χ1n) is 6.76. The van der Waals surface area contributed by atoms with E-state index in [1.807, 2.05) is 0 Å². The Morgan fingerprint density at radius 3 is 2.29 bits per heavy atom. The lowest BCUT2D eigenvalue weighted by molar-refractivity contribution is -0.144. The van der Waals surface area contributed by atoms with Crippen LogP contribution < -0.4 is 0 Å². The van der Waals surface area contributed by atoms with Gasteiger partial charge in [0.2, 0.25) is 0 Å². The van der Waals surface area contributed by atoms with E-state index in [0.29, 0.717) is 0 Å². The molecule has 0 saturated heterocycles. The molecule has 0 aliphatic carbocycles. The second-order valence-electron chi connectivity index (χ2n) is 4.17. The molecule has 1 N–H and O–H groups in total. The number of carbonyl (C=O) groups is 2. The Labute approximate surface area is 124 Å². The van der Waals surface area contributed by atoms with E-state index in [2.05, 4.69) is 6.58 Å². The molecule has 0 radical (unpaired) electrons. The fraction of sp³-hybridized carbons (Fsp3) is 0.692. The standard InChI is InChI=1S/C13H23O7P/c1-4-9-18-12(14)8-7-11(13(15)16)10-21(17,19-5-2)20-6-3/h4,11H,1,5-10H2,2-3H3,(H,15,16). The molecule has 0 aliphatic heterocycles. The zero-order chi connectivity index (χ0) is 16.3. The number of hydrogen-bond donors (Lipinski definition) is 1. The van der Waals surface area contributed by atoms with Gasteiger partial charge in [-0.15, -0.1) is 0 Å². The summed E-state index contributed by atoms with van der Waals surface area (Å²) in [6.45, 7) is 7.09. The molecule has 0 rings (SSSR count). The third-order valence-electron chi connectivity index (χ3n) is 2.50. The largest absolute Gasteiger partial charge is 0.481 e. The molecule has 0 amide bonds. The Hall–Kier alpha value is -1.17. The van der Waals surface area contributed by atoms with Crippen LogP contribution in [0.2, 0.25) is 0 Å². The number of aliphatic carboxylic acids is 1. The Morgan fingerprint density at radius 2 is 1.86 bits per heavy atom. The van der Waals surface area contributed by atoms with Crippen LogP contribution in [-0.2, 0) is 27.9 Å². The Bertz CT molecular complexity index is 384. The molecule has 0 aromatic carbocycles. The SMILES string of the molecule is C=CCOC(=O)CCC(CP(=O)(OCC)OCC)C(=O)O. The lowest BCUT2D eigenvalue weighted by Crippen LogP contribution is -2.21. The molecule has 1 atom stereocenters. The number of rotatable bonds is 12. The van der Waals surface area contributed by atoms with Gasteiger partial charge in [0.25, 0.3) is 0 Å². The molecule has 0 bridgehead atoms. The van der Waals surface area contributed by atoms with Crippen molar-refractivity contribution in [1.82, 2.24) is 0 Å². The molecular weight excluding hydrogens is 299 g/mol. The molecule has 0 saturated carbocycles. The molecule has 21 heavy (non-hydrogen) atoms. The molecule has 1 unspecified atom stereocenters. The lowest BCUT2D eigenvalue weighted by Gasteiger charge is -2.20. The van der Waals surface area contributed by atoms with Gasteiger partial charge in [-0.25, -0.2) is 0 Å². The van der Waals surface area contributed by atoms with Gasteiger partial charge in [-0.1, -0.05) is 12.7 Å². The van der Waals surface area contributed by atoms with Crippen LogP contribution in [-0.4, -0.2) is 43.0 Å². The summed E-state index contributed by atoms with van der Waals surface area (Å²) in [5, 5.41) is 9.16. The van der Waals surface area contributed by atoms with Gasteiger partial charge in [0.15, 0.2) is 0 Å². The number of esters is 1. The Balaban J connectivity index is 4.60. The van der Waals surface area contributed by atoms with E-state index in [1.54, 1.807) is 13.8 Å². The summed E-state index contributed by atoms with van der Waals surface area (Å²) in [5.41, 5.74) is 0. The van der Waals surface area contributed by atoms with E-state index in [1.165, 1.54) is 6.08 Å². The highest BCUT2D eigenvalue weighted by atomic mass is 31.2. The van der Waals surface area contributed by atoms with Gasteiger partial charge in [-0.05, 0) is 20.3 Å². The first-order valence-corrected chi connectivity index (χ1v) is 8.48. The molecule has 0 aliphatic rings. The van der Waals surface area contributed by atoms with Crippen LogP contribution in [0.4, 0.5) is 0 Å². The van der Waals surface area contributed by atoms with E-state index in [4.69, 9.17) is 18.9 Å². The number of ether oxygens (including phenoxy) is 1. The highest BCUT2D eigenvalue weighted by Crippen LogP contribution is 2.50. The minimum Gasteiger partial charge on any atom is -0.481 e. The average Bonchev–Trinajstić information content (AvgIpc) is 2.41. The van der Waals surface area contributed by atoms with Gasteiger partial charge in [-0.3, -0.25) is 14.2 Å². The third-order valence-corrected chi connectivity index (χ3v) is 4.70. The Kier molecular flexibility index (Phi) is 9.95. The predicted molar refractivity (Wildman–Crippen MR) is 77.2 cm³/mol. The molecule has 122 valence electrons. The van der Waals surface area contributed by atoms with Crippen LogP contribution in [0.15, 0.2) is 12.7 Å². The van der Waals surface area contributed by atoms with Crippen molar-refractivity contribution in [1.29, 1.82) is 0 Å². The van der Waals surface area contributed by atoms with Crippen molar-refractivity contribution in [2.75, 3.05) is 26.0 Å². The zero-order valence-corrected chi connectivity index (χ0v) is 13.3. The fourth-order valence-corrected chi connectivity index (χ4v) is 3.57.